The van der Waals surface area contributed by atoms with Gasteiger partial charge in [-0.1, -0.05) is 13.0 Å². The van der Waals surface area contributed by atoms with Gasteiger partial charge in [-0.05, 0) is 44.3 Å². The number of nitriles is 1. The lowest BCUT2D eigenvalue weighted by Gasteiger charge is -2.20. The molecule has 0 N–H and O–H groups in total. The average molecular weight is 273 g/mol. The molecule has 0 spiro atoms. The van der Waals surface area contributed by atoms with E-state index < -0.39 is 0 Å². The highest BCUT2D eigenvalue weighted by Gasteiger charge is 2.13. The van der Waals surface area contributed by atoms with E-state index in [0.717, 1.165) is 38.5 Å². The Kier molecular flexibility index (Phi) is 5.85. The van der Waals surface area contributed by atoms with Crippen molar-refractivity contribution in [2.45, 2.75) is 13.3 Å². The van der Waals surface area contributed by atoms with Crippen molar-refractivity contribution in [3.05, 3.63) is 29.8 Å². The monoisotopic (exact) mass is 273 g/mol. The molecule has 0 saturated carbocycles. The fraction of sp³-hybridized carbons (Fsp3) is 0.562. The van der Waals surface area contributed by atoms with E-state index in [2.05, 4.69) is 22.8 Å². The number of ether oxygens (including phenoxy) is 1. The van der Waals surface area contributed by atoms with E-state index in [1.54, 1.807) is 12.1 Å². The summed E-state index contributed by atoms with van der Waals surface area (Å²) in [7, 11) is 0. The van der Waals surface area contributed by atoms with E-state index in [1.165, 1.54) is 13.0 Å². The Hall–Kier alpha value is -1.57. The first kappa shape index (κ1) is 14.8. The Balaban J connectivity index is 1.74. The number of nitrogens with zero attached hydrogens (tertiary/aromatic N) is 3. The van der Waals surface area contributed by atoms with Crippen LogP contribution < -0.4 is 4.74 Å². The molecule has 0 amide bonds. The van der Waals surface area contributed by atoms with Gasteiger partial charge >= 0.3 is 0 Å². The molecule has 1 aliphatic rings. The third-order valence-electron chi connectivity index (χ3n) is 3.77. The normalized spacial score (nSPS) is 17.4. The van der Waals surface area contributed by atoms with Gasteiger partial charge in [0.05, 0.1) is 11.6 Å². The van der Waals surface area contributed by atoms with Crippen LogP contribution in [-0.2, 0) is 0 Å². The van der Waals surface area contributed by atoms with Gasteiger partial charge in [-0.2, -0.15) is 5.26 Å². The van der Waals surface area contributed by atoms with E-state index in [0.29, 0.717) is 12.2 Å². The van der Waals surface area contributed by atoms with Crippen molar-refractivity contribution in [2.24, 2.45) is 0 Å². The molecule has 4 heteroatoms. The minimum Gasteiger partial charge on any atom is -0.492 e. The standard InChI is InChI=1S/C16H23N3O/c1-2-18-7-4-8-19(10-9-18)11-12-20-16-6-3-5-15(13-16)14-17/h3,5-6,13H,2,4,7-12H2,1H3. The summed E-state index contributed by atoms with van der Waals surface area (Å²) in [6.45, 7) is 9.63. The third kappa shape index (κ3) is 4.52. The summed E-state index contributed by atoms with van der Waals surface area (Å²) >= 11 is 0. The molecule has 1 aromatic rings. The highest BCUT2D eigenvalue weighted by atomic mass is 16.5. The topological polar surface area (TPSA) is 39.5 Å². The first-order chi connectivity index (χ1) is 9.81. The number of likely N-dealkylation sites (N-methyl/N-ethyl adjacent to an activating group) is 1. The molecule has 0 radical (unpaired) electrons. The summed E-state index contributed by atoms with van der Waals surface area (Å²) in [5.74, 6) is 0.786. The molecular formula is C16H23N3O. The molecule has 1 fully saturated rings. The predicted molar refractivity (Wildman–Crippen MR) is 79.8 cm³/mol. The van der Waals surface area contributed by atoms with Gasteiger partial charge < -0.3 is 9.64 Å². The molecule has 0 bridgehead atoms. The van der Waals surface area contributed by atoms with Crippen LogP contribution in [-0.4, -0.2) is 55.7 Å². The van der Waals surface area contributed by atoms with E-state index in [9.17, 15) is 0 Å². The maximum absolute atomic E-state index is 8.85. The van der Waals surface area contributed by atoms with Crippen LogP contribution in [0.25, 0.3) is 0 Å². The summed E-state index contributed by atoms with van der Waals surface area (Å²) in [6.07, 6.45) is 1.23. The summed E-state index contributed by atoms with van der Waals surface area (Å²) in [6, 6.07) is 9.48. The van der Waals surface area contributed by atoms with Gasteiger partial charge in [0.1, 0.15) is 12.4 Å². The van der Waals surface area contributed by atoms with E-state index >= 15 is 0 Å². The highest BCUT2D eigenvalue weighted by Crippen LogP contribution is 2.12. The molecular weight excluding hydrogens is 250 g/mol. The molecule has 1 heterocycles. The first-order valence-electron chi connectivity index (χ1n) is 7.39. The van der Waals surface area contributed by atoms with E-state index in [1.807, 2.05) is 12.1 Å². The van der Waals surface area contributed by atoms with Crippen molar-refractivity contribution < 1.29 is 4.74 Å². The van der Waals surface area contributed by atoms with Gasteiger partial charge in [0.15, 0.2) is 0 Å². The van der Waals surface area contributed by atoms with Crippen molar-refractivity contribution in [3.8, 4) is 11.8 Å². The zero-order valence-electron chi connectivity index (χ0n) is 12.2. The first-order valence-corrected chi connectivity index (χ1v) is 7.39. The second-order valence-electron chi connectivity index (χ2n) is 5.12. The smallest absolute Gasteiger partial charge is 0.120 e. The Morgan fingerprint density at radius 3 is 2.80 bits per heavy atom. The second-order valence-corrected chi connectivity index (χ2v) is 5.12. The molecule has 1 aromatic carbocycles. The zero-order valence-corrected chi connectivity index (χ0v) is 12.2. The van der Waals surface area contributed by atoms with Crippen LogP contribution in [0.1, 0.15) is 18.9 Å². The maximum Gasteiger partial charge on any atom is 0.120 e. The van der Waals surface area contributed by atoms with Crippen molar-refractivity contribution in [1.82, 2.24) is 9.80 Å². The Labute approximate surface area is 121 Å². The highest BCUT2D eigenvalue weighted by molar-refractivity contribution is 5.36. The van der Waals surface area contributed by atoms with Crippen LogP contribution in [0.15, 0.2) is 24.3 Å². The van der Waals surface area contributed by atoms with Gasteiger partial charge in [-0.3, -0.25) is 4.90 Å². The molecule has 2 rings (SSSR count). The zero-order chi connectivity index (χ0) is 14.2. The summed E-state index contributed by atoms with van der Waals surface area (Å²) in [4.78, 5) is 4.96. The fourth-order valence-electron chi connectivity index (χ4n) is 2.51. The minimum absolute atomic E-state index is 0.649. The van der Waals surface area contributed by atoms with E-state index in [-0.39, 0.29) is 0 Å². The quantitative estimate of drug-likeness (QED) is 0.822. The molecule has 20 heavy (non-hydrogen) atoms. The molecule has 0 aromatic heterocycles. The van der Waals surface area contributed by atoms with Gasteiger partial charge in [-0.15, -0.1) is 0 Å². The third-order valence-corrected chi connectivity index (χ3v) is 3.77. The summed E-state index contributed by atoms with van der Waals surface area (Å²) in [5, 5.41) is 8.85. The molecule has 1 aliphatic heterocycles. The Morgan fingerprint density at radius 1 is 1.20 bits per heavy atom. The van der Waals surface area contributed by atoms with Gasteiger partial charge in [0.2, 0.25) is 0 Å². The van der Waals surface area contributed by atoms with Gasteiger partial charge in [0, 0.05) is 19.6 Å². The van der Waals surface area contributed by atoms with Crippen LogP contribution in [0.4, 0.5) is 0 Å². The predicted octanol–water partition coefficient (Wildman–Crippen LogP) is 1.96. The average Bonchev–Trinajstić information content (AvgIpc) is 2.73. The number of rotatable bonds is 5. The molecule has 4 nitrogen and oxygen atoms in total. The van der Waals surface area contributed by atoms with Crippen LogP contribution in [0.5, 0.6) is 5.75 Å². The lowest BCUT2D eigenvalue weighted by molar-refractivity contribution is 0.210. The Bertz CT molecular complexity index is 455. The number of hydrogen-bond donors (Lipinski definition) is 0. The van der Waals surface area contributed by atoms with Crippen molar-refractivity contribution >= 4 is 0 Å². The van der Waals surface area contributed by atoms with Crippen molar-refractivity contribution in [1.29, 1.82) is 5.26 Å². The van der Waals surface area contributed by atoms with Crippen LogP contribution in [0, 0.1) is 11.3 Å². The van der Waals surface area contributed by atoms with Gasteiger partial charge in [0.25, 0.3) is 0 Å². The van der Waals surface area contributed by atoms with Crippen molar-refractivity contribution in [3.63, 3.8) is 0 Å². The SMILES string of the molecule is CCN1CCCN(CCOc2cccc(C#N)c2)CC1. The Morgan fingerprint density at radius 2 is 2.00 bits per heavy atom. The summed E-state index contributed by atoms with van der Waals surface area (Å²) in [5.41, 5.74) is 0.649. The lowest BCUT2D eigenvalue weighted by Crippen LogP contribution is -2.33. The second kappa shape index (κ2) is 7.88. The minimum atomic E-state index is 0.649. The van der Waals surface area contributed by atoms with Crippen LogP contribution in [0.3, 0.4) is 0 Å². The van der Waals surface area contributed by atoms with Crippen molar-refractivity contribution in [2.75, 3.05) is 45.9 Å². The number of benzene rings is 1. The maximum atomic E-state index is 8.85. The molecule has 0 unspecified atom stereocenters. The fourth-order valence-corrected chi connectivity index (χ4v) is 2.51. The summed E-state index contributed by atoms with van der Waals surface area (Å²) < 4.78 is 5.74. The van der Waals surface area contributed by atoms with Gasteiger partial charge in [-0.25, -0.2) is 0 Å². The molecule has 0 atom stereocenters. The van der Waals surface area contributed by atoms with E-state index in [4.69, 9.17) is 10.00 Å². The molecule has 1 saturated heterocycles. The largest absolute Gasteiger partial charge is 0.492 e. The lowest BCUT2D eigenvalue weighted by atomic mass is 10.2. The van der Waals surface area contributed by atoms with Crippen LogP contribution >= 0.6 is 0 Å². The number of hydrogen-bond acceptors (Lipinski definition) is 4. The van der Waals surface area contributed by atoms with Crippen LogP contribution in [0.2, 0.25) is 0 Å². The molecule has 0 aliphatic carbocycles. The molecule has 108 valence electrons.